The fraction of sp³-hybridized carbons (Fsp3) is 0.167. The maximum absolute atomic E-state index is 4.22. The summed E-state index contributed by atoms with van der Waals surface area (Å²) >= 11 is 0. The Morgan fingerprint density at radius 3 is 2.73 bits per heavy atom. The molecule has 2 rings (SSSR count). The fourth-order valence-corrected chi connectivity index (χ4v) is 3.04. The lowest BCUT2D eigenvalue weighted by molar-refractivity contribution is 0.966. The Morgan fingerprint density at radius 2 is 2.00 bits per heavy atom. The van der Waals surface area contributed by atoms with Crippen LogP contribution in [0.15, 0.2) is 85.5 Å². The summed E-state index contributed by atoms with van der Waals surface area (Å²) in [6.07, 6.45) is 10.1. The highest BCUT2D eigenvalue weighted by Crippen LogP contribution is 2.22. The van der Waals surface area contributed by atoms with Crippen molar-refractivity contribution in [1.29, 1.82) is 0 Å². The van der Waals surface area contributed by atoms with Gasteiger partial charge in [0.15, 0.2) is 0 Å². The minimum absolute atomic E-state index is 0.920. The predicted octanol–water partition coefficient (Wildman–Crippen LogP) is 6.20. The lowest BCUT2D eigenvalue weighted by Crippen LogP contribution is -2.03. The normalized spacial score (nSPS) is 11.6. The minimum Gasteiger partial charge on any atom is -0.356 e. The van der Waals surface area contributed by atoms with Crippen molar-refractivity contribution in [2.24, 2.45) is 0 Å². The standard InChI is InChI=1S/C24H28NP/c1-5-7-9-20(6-2)13-14-21-10-8-11-22(16-21)25-19(4)24-17-23(26)15-12-18(24)3/h5-12,15-17,25H,2,4,13-14,26H2,1,3H3/b7-5-,20-9+. The van der Waals surface area contributed by atoms with Crippen LogP contribution in [0.3, 0.4) is 0 Å². The Balaban J connectivity index is 2.08. The number of benzene rings is 2. The van der Waals surface area contributed by atoms with Crippen LogP contribution in [0, 0.1) is 6.92 Å². The maximum Gasteiger partial charge on any atom is 0.0387 e. The van der Waals surface area contributed by atoms with Crippen LogP contribution in [-0.4, -0.2) is 0 Å². The molecule has 2 aromatic carbocycles. The van der Waals surface area contributed by atoms with Crippen molar-refractivity contribution in [3.63, 3.8) is 0 Å². The lowest BCUT2D eigenvalue weighted by Gasteiger charge is -2.14. The molecule has 0 radical (unpaired) electrons. The summed E-state index contributed by atoms with van der Waals surface area (Å²) < 4.78 is 0. The van der Waals surface area contributed by atoms with Gasteiger partial charge < -0.3 is 5.32 Å². The number of hydrogen-bond donors (Lipinski definition) is 1. The number of hydrogen-bond acceptors (Lipinski definition) is 1. The number of nitrogens with one attached hydrogen (secondary N) is 1. The average Bonchev–Trinajstić information content (AvgIpc) is 2.64. The molecule has 0 saturated heterocycles. The molecule has 2 aromatic rings. The zero-order chi connectivity index (χ0) is 18.9. The van der Waals surface area contributed by atoms with Gasteiger partial charge in [-0.05, 0) is 66.9 Å². The molecule has 1 N–H and O–H groups in total. The van der Waals surface area contributed by atoms with Crippen LogP contribution in [-0.2, 0) is 6.42 Å². The molecular formula is C24H28NP. The average molecular weight is 361 g/mol. The molecular weight excluding hydrogens is 333 g/mol. The van der Waals surface area contributed by atoms with Gasteiger partial charge in [0.05, 0.1) is 0 Å². The molecule has 0 fully saturated rings. The molecule has 0 heterocycles. The summed E-state index contributed by atoms with van der Waals surface area (Å²) in [5, 5.41) is 4.61. The van der Waals surface area contributed by atoms with Crippen molar-refractivity contribution >= 4 is 25.9 Å². The maximum atomic E-state index is 4.22. The summed E-state index contributed by atoms with van der Waals surface area (Å²) in [5.41, 5.74) is 6.90. The van der Waals surface area contributed by atoms with E-state index in [9.17, 15) is 0 Å². The topological polar surface area (TPSA) is 12.0 Å². The van der Waals surface area contributed by atoms with E-state index < -0.39 is 0 Å². The van der Waals surface area contributed by atoms with E-state index in [1.165, 1.54) is 16.7 Å². The first-order valence-electron chi connectivity index (χ1n) is 8.89. The number of anilines is 1. The lowest BCUT2D eigenvalue weighted by atomic mass is 10.0. The summed E-state index contributed by atoms with van der Waals surface area (Å²) in [6, 6.07) is 14.9. The Bertz CT molecular complexity index is 843. The Labute approximate surface area is 160 Å². The van der Waals surface area contributed by atoms with Crippen LogP contribution in [0.4, 0.5) is 5.69 Å². The van der Waals surface area contributed by atoms with Crippen LogP contribution in [0.25, 0.3) is 5.70 Å². The van der Waals surface area contributed by atoms with Gasteiger partial charge in [0, 0.05) is 16.9 Å². The summed E-state index contributed by atoms with van der Waals surface area (Å²) in [7, 11) is 2.74. The third-order valence-corrected chi connectivity index (χ3v) is 4.64. The first-order valence-corrected chi connectivity index (χ1v) is 9.47. The monoisotopic (exact) mass is 361 g/mol. The zero-order valence-electron chi connectivity index (χ0n) is 15.8. The van der Waals surface area contributed by atoms with Crippen LogP contribution in [0.5, 0.6) is 0 Å². The van der Waals surface area contributed by atoms with E-state index in [-0.39, 0.29) is 0 Å². The molecule has 134 valence electrons. The van der Waals surface area contributed by atoms with Gasteiger partial charge in [-0.2, -0.15) is 0 Å². The van der Waals surface area contributed by atoms with Crippen molar-refractivity contribution < 1.29 is 0 Å². The van der Waals surface area contributed by atoms with Crippen molar-refractivity contribution in [1.82, 2.24) is 0 Å². The van der Waals surface area contributed by atoms with E-state index in [2.05, 4.69) is 89.3 Å². The highest BCUT2D eigenvalue weighted by atomic mass is 31.0. The second-order valence-corrected chi connectivity index (χ2v) is 7.02. The van der Waals surface area contributed by atoms with Crippen LogP contribution >= 0.6 is 9.24 Å². The van der Waals surface area contributed by atoms with Crippen LogP contribution in [0.2, 0.25) is 0 Å². The molecule has 0 saturated carbocycles. The molecule has 0 bridgehead atoms. The predicted molar refractivity (Wildman–Crippen MR) is 121 cm³/mol. The third kappa shape index (κ3) is 5.86. The van der Waals surface area contributed by atoms with Gasteiger partial charge in [-0.25, -0.2) is 0 Å². The van der Waals surface area contributed by atoms with Gasteiger partial charge >= 0.3 is 0 Å². The fourth-order valence-electron chi connectivity index (χ4n) is 2.77. The molecule has 0 aliphatic heterocycles. The van der Waals surface area contributed by atoms with Gasteiger partial charge in [0.1, 0.15) is 0 Å². The minimum atomic E-state index is 0.920. The highest BCUT2D eigenvalue weighted by Gasteiger charge is 2.05. The SMILES string of the molecule is C=C/C(=C\C=C/C)CCc1cccc(NC(=C)c2cc(P)ccc2C)c1. The van der Waals surface area contributed by atoms with E-state index in [0.29, 0.717) is 0 Å². The van der Waals surface area contributed by atoms with Crippen LogP contribution in [0.1, 0.15) is 30.0 Å². The van der Waals surface area contributed by atoms with Crippen molar-refractivity contribution in [2.45, 2.75) is 26.7 Å². The molecule has 1 atom stereocenters. The van der Waals surface area contributed by atoms with E-state index in [1.54, 1.807) is 0 Å². The van der Waals surface area contributed by atoms with Gasteiger partial charge in [-0.3, -0.25) is 0 Å². The van der Waals surface area contributed by atoms with Gasteiger partial charge in [0.2, 0.25) is 0 Å². The van der Waals surface area contributed by atoms with E-state index >= 15 is 0 Å². The van der Waals surface area contributed by atoms with Crippen molar-refractivity contribution in [2.75, 3.05) is 5.32 Å². The Kier molecular flexibility index (Phi) is 7.63. The second kappa shape index (κ2) is 9.94. The summed E-state index contributed by atoms with van der Waals surface area (Å²) in [6.45, 7) is 12.3. The first kappa shape index (κ1) is 19.9. The molecule has 0 aliphatic rings. The molecule has 26 heavy (non-hydrogen) atoms. The molecule has 2 heteroatoms. The largest absolute Gasteiger partial charge is 0.356 e. The van der Waals surface area contributed by atoms with Gasteiger partial charge in [0.25, 0.3) is 0 Å². The second-order valence-electron chi connectivity index (χ2n) is 6.35. The molecule has 0 aromatic heterocycles. The van der Waals surface area contributed by atoms with Gasteiger partial charge in [-0.1, -0.05) is 61.7 Å². The molecule has 1 nitrogen and oxygen atoms in total. The van der Waals surface area contributed by atoms with Crippen LogP contribution < -0.4 is 10.6 Å². The van der Waals surface area contributed by atoms with E-state index in [1.807, 2.05) is 19.1 Å². The van der Waals surface area contributed by atoms with E-state index in [4.69, 9.17) is 0 Å². The van der Waals surface area contributed by atoms with E-state index in [0.717, 1.165) is 35.1 Å². The molecule has 0 amide bonds. The third-order valence-electron chi connectivity index (χ3n) is 4.28. The quantitative estimate of drug-likeness (QED) is 0.436. The van der Waals surface area contributed by atoms with Crippen molar-refractivity contribution in [3.05, 3.63) is 102 Å². The summed E-state index contributed by atoms with van der Waals surface area (Å²) in [5.74, 6) is 0. The smallest absolute Gasteiger partial charge is 0.0387 e. The molecule has 1 unspecified atom stereocenters. The number of allylic oxidation sites excluding steroid dienone is 5. The highest BCUT2D eigenvalue weighted by molar-refractivity contribution is 7.27. The zero-order valence-corrected chi connectivity index (χ0v) is 16.9. The van der Waals surface area contributed by atoms with Gasteiger partial charge in [-0.15, -0.1) is 9.24 Å². The molecule has 0 spiro atoms. The first-order chi connectivity index (χ1) is 12.5. The Hall–Kier alpha value is -2.37. The number of aryl methyl sites for hydroxylation is 2. The molecule has 0 aliphatic carbocycles. The summed E-state index contributed by atoms with van der Waals surface area (Å²) in [4.78, 5) is 0. The number of rotatable bonds is 8. The van der Waals surface area contributed by atoms with Crippen molar-refractivity contribution in [3.8, 4) is 0 Å². The Morgan fingerprint density at radius 1 is 1.19 bits per heavy atom.